The fourth-order valence-electron chi connectivity index (χ4n) is 1.94. The van der Waals surface area contributed by atoms with Gasteiger partial charge in [-0.1, -0.05) is 23.8 Å². The third-order valence-electron chi connectivity index (χ3n) is 3.05. The molecule has 0 fully saturated rings. The molecule has 3 aromatic rings. The predicted octanol–water partition coefficient (Wildman–Crippen LogP) is 2.01. The lowest BCUT2D eigenvalue weighted by Gasteiger charge is -2.00. The average Bonchev–Trinajstić information content (AvgIpc) is 3.13. The molecule has 0 aliphatic carbocycles. The molecular formula is C14H15N5O2S. The van der Waals surface area contributed by atoms with Crippen molar-refractivity contribution in [3.8, 4) is 11.3 Å². The summed E-state index contributed by atoms with van der Waals surface area (Å²) in [5, 5.41) is 8.72. The number of aromatic amines is 1. The van der Waals surface area contributed by atoms with Crippen LogP contribution in [0.1, 0.15) is 18.4 Å². The number of nitrogens with zero attached hydrogens (tertiary/aromatic N) is 4. The number of nitrogens with one attached hydrogen (secondary N) is 1. The summed E-state index contributed by atoms with van der Waals surface area (Å²) in [5.74, 6) is 1.26. The standard InChI is InChI=1S/C14H15N5O2S/c1-3-10-4-13(20)17-14(16-10)22-8-11-5-12(18-21-11)9-6-15-19(2)7-9/h4-7H,3,8H2,1-2H3,(H,16,17,20). The van der Waals surface area contributed by atoms with Gasteiger partial charge in [0, 0.05) is 36.6 Å². The summed E-state index contributed by atoms with van der Waals surface area (Å²) in [6.07, 6.45) is 4.34. The lowest BCUT2D eigenvalue weighted by molar-refractivity contribution is 0.397. The quantitative estimate of drug-likeness (QED) is 0.572. The van der Waals surface area contributed by atoms with Gasteiger partial charge in [0.2, 0.25) is 0 Å². The largest absolute Gasteiger partial charge is 0.360 e. The molecule has 1 N–H and O–H groups in total. The first-order valence-electron chi connectivity index (χ1n) is 6.81. The molecule has 0 aliphatic rings. The van der Waals surface area contributed by atoms with Crippen LogP contribution in [0.3, 0.4) is 0 Å². The zero-order chi connectivity index (χ0) is 15.5. The first-order chi connectivity index (χ1) is 10.6. The number of rotatable bonds is 5. The monoisotopic (exact) mass is 317 g/mol. The van der Waals surface area contributed by atoms with Crippen LogP contribution in [0, 0.1) is 0 Å². The van der Waals surface area contributed by atoms with Gasteiger partial charge in [-0.3, -0.25) is 9.48 Å². The Kier molecular flexibility index (Phi) is 4.10. The molecule has 0 spiro atoms. The van der Waals surface area contributed by atoms with Crippen LogP contribution in [-0.2, 0) is 19.2 Å². The summed E-state index contributed by atoms with van der Waals surface area (Å²) in [6.45, 7) is 1.97. The molecule has 22 heavy (non-hydrogen) atoms. The molecule has 0 saturated carbocycles. The zero-order valence-electron chi connectivity index (χ0n) is 12.2. The summed E-state index contributed by atoms with van der Waals surface area (Å²) in [6, 6.07) is 3.38. The fraction of sp³-hybridized carbons (Fsp3) is 0.286. The van der Waals surface area contributed by atoms with E-state index in [1.807, 2.05) is 26.2 Å². The van der Waals surface area contributed by atoms with E-state index in [0.29, 0.717) is 16.7 Å². The Balaban J connectivity index is 1.71. The molecule has 8 heteroatoms. The van der Waals surface area contributed by atoms with Crippen LogP contribution in [0.25, 0.3) is 11.3 Å². The van der Waals surface area contributed by atoms with Crippen LogP contribution in [0.4, 0.5) is 0 Å². The molecule has 3 heterocycles. The van der Waals surface area contributed by atoms with E-state index in [0.717, 1.165) is 23.4 Å². The Morgan fingerprint density at radius 3 is 3.00 bits per heavy atom. The van der Waals surface area contributed by atoms with Gasteiger partial charge in [-0.2, -0.15) is 5.10 Å². The third-order valence-corrected chi connectivity index (χ3v) is 3.94. The SMILES string of the molecule is CCc1cc(=O)[nH]c(SCc2cc(-c3cnn(C)c3)no2)n1. The number of hydrogen-bond donors (Lipinski definition) is 1. The van der Waals surface area contributed by atoms with Crippen molar-refractivity contribution in [2.75, 3.05) is 0 Å². The Morgan fingerprint density at radius 1 is 1.41 bits per heavy atom. The Bertz CT molecular complexity index is 836. The highest BCUT2D eigenvalue weighted by atomic mass is 32.2. The highest BCUT2D eigenvalue weighted by Gasteiger charge is 2.09. The second-order valence-electron chi connectivity index (χ2n) is 4.77. The Labute approximate surface area is 130 Å². The normalized spacial score (nSPS) is 11.0. The lowest BCUT2D eigenvalue weighted by Crippen LogP contribution is -2.09. The van der Waals surface area contributed by atoms with Crippen molar-refractivity contribution < 1.29 is 4.52 Å². The van der Waals surface area contributed by atoms with Gasteiger partial charge in [0.25, 0.3) is 5.56 Å². The van der Waals surface area contributed by atoms with Gasteiger partial charge in [-0.25, -0.2) is 4.98 Å². The molecule has 0 aliphatic heterocycles. The van der Waals surface area contributed by atoms with Crippen molar-refractivity contribution in [1.29, 1.82) is 0 Å². The van der Waals surface area contributed by atoms with Crippen molar-refractivity contribution in [1.82, 2.24) is 24.9 Å². The van der Waals surface area contributed by atoms with Gasteiger partial charge in [0.15, 0.2) is 5.16 Å². The van der Waals surface area contributed by atoms with Gasteiger partial charge >= 0.3 is 0 Å². The van der Waals surface area contributed by atoms with E-state index < -0.39 is 0 Å². The average molecular weight is 317 g/mol. The molecule has 0 amide bonds. The van der Waals surface area contributed by atoms with E-state index in [1.165, 1.54) is 17.8 Å². The van der Waals surface area contributed by atoms with E-state index in [-0.39, 0.29) is 5.56 Å². The number of aryl methyl sites for hydroxylation is 2. The first kappa shape index (κ1) is 14.6. The maximum atomic E-state index is 11.5. The molecule has 0 saturated heterocycles. The lowest BCUT2D eigenvalue weighted by atomic mass is 10.2. The van der Waals surface area contributed by atoms with Crippen molar-refractivity contribution >= 4 is 11.8 Å². The maximum Gasteiger partial charge on any atom is 0.251 e. The number of hydrogen-bond acceptors (Lipinski definition) is 6. The van der Waals surface area contributed by atoms with Crippen molar-refractivity contribution in [3.05, 3.63) is 46.3 Å². The zero-order valence-corrected chi connectivity index (χ0v) is 13.1. The van der Waals surface area contributed by atoms with Crippen molar-refractivity contribution in [2.45, 2.75) is 24.3 Å². The van der Waals surface area contributed by atoms with Crippen LogP contribution in [-0.4, -0.2) is 24.9 Å². The Morgan fingerprint density at radius 2 is 2.27 bits per heavy atom. The molecular weight excluding hydrogens is 302 g/mol. The summed E-state index contributed by atoms with van der Waals surface area (Å²) < 4.78 is 7.02. The Hall–Kier alpha value is -2.35. The van der Waals surface area contributed by atoms with Gasteiger partial charge < -0.3 is 9.51 Å². The van der Waals surface area contributed by atoms with Crippen LogP contribution in [0.2, 0.25) is 0 Å². The summed E-state index contributed by atoms with van der Waals surface area (Å²) in [4.78, 5) is 18.6. The van der Waals surface area contributed by atoms with Crippen molar-refractivity contribution in [3.63, 3.8) is 0 Å². The van der Waals surface area contributed by atoms with E-state index in [4.69, 9.17) is 4.52 Å². The van der Waals surface area contributed by atoms with Gasteiger partial charge in [-0.15, -0.1) is 0 Å². The van der Waals surface area contributed by atoms with Gasteiger partial charge in [-0.05, 0) is 6.42 Å². The number of thioether (sulfide) groups is 1. The highest BCUT2D eigenvalue weighted by Crippen LogP contribution is 2.23. The minimum Gasteiger partial charge on any atom is -0.360 e. The molecule has 0 radical (unpaired) electrons. The molecule has 7 nitrogen and oxygen atoms in total. The minimum absolute atomic E-state index is 0.136. The number of aromatic nitrogens is 5. The molecule has 0 aromatic carbocycles. The van der Waals surface area contributed by atoms with Crippen molar-refractivity contribution in [2.24, 2.45) is 7.05 Å². The molecule has 0 unspecified atom stereocenters. The summed E-state index contributed by atoms with van der Waals surface area (Å²) in [7, 11) is 1.85. The van der Waals surface area contributed by atoms with E-state index in [1.54, 1.807) is 10.9 Å². The van der Waals surface area contributed by atoms with E-state index in [9.17, 15) is 4.79 Å². The summed E-state index contributed by atoms with van der Waals surface area (Å²) in [5.41, 5.74) is 2.29. The second-order valence-corrected chi connectivity index (χ2v) is 5.73. The predicted molar refractivity (Wildman–Crippen MR) is 82.5 cm³/mol. The second kappa shape index (κ2) is 6.18. The van der Waals surface area contributed by atoms with Crippen LogP contribution < -0.4 is 5.56 Å². The van der Waals surface area contributed by atoms with E-state index >= 15 is 0 Å². The minimum atomic E-state index is -0.136. The van der Waals surface area contributed by atoms with Crippen LogP contribution in [0.15, 0.2) is 39.0 Å². The molecule has 114 valence electrons. The molecule has 0 bridgehead atoms. The van der Waals surface area contributed by atoms with E-state index in [2.05, 4.69) is 20.2 Å². The van der Waals surface area contributed by atoms with Gasteiger partial charge in [0.05, 0.1) is 11.9 Å². The smallest absolute Gasteiger partial charge is 0.251 e. The number of H-pyrrole nitrogens is 1. The molecule has 3 aromatic heterocycles. The first-order valence-corrected chi connectivity index (χ1v) is 7.80. The molecule has 3 rings (SSSR count). The summed E-state index contributed by atoms with van der Waals surface area (Å²) >= 11 is 1.41. The third kappa shape index (κ3) is 3.28. The van der Waals surface area contributed by atoms with Gasteiger partial charge in [0.1, 0.15) is 11.5 Å². The molecule has 0 atom stereocenters. The fourth-order valence-corrected chi connectivity index (χ4v) is 2.71. The maximum absolute atomic E-state index is 11.5. The highest BCUT2D eigenvalue weighted by molar-refractivity contribution is 7.98. The topological polar surface area (TPSA) is 89.6 Å². The van der Waals surface area contributed by atoms with Crippen LogP contribution in [0.5, 0.6) is 0 Å². The van der Waals surface area contributed by atoms with Crippen LogP contribution >= 0.6 is 11.8 Å².